The number of Topliss-reactive ketones (excluding diaryl/α,β-unsaturated/α-hetero) is 1. The Labute approximate surface area is 135 Å². The molecule has 3 nitrogen and oxygen atoms in total. The zero-order valence-corrected chi connectivity index (χ0v) is 13.8. The lowest BCUT2D eigenvalue weighted by atomic mass is 10.1. The van der Waals surface area contributed by atoms with Gasteiger partial charge >= 0.3 is 0 Å². The monoisotopic (exact) mass is 364 g/mol. The van der Waals surface area contributed by atoms with Crippen LogP contribution in [-0.2, 0) is 0 Å². The predicted molar refractivity (Wildman–Crippen MR) is 85.7 cm³/mol. The van der Waals surface area contributed by atoms with Gasteiger partial charge in [0.1, 0.15) is 13.2 Å². The van der Waals surface area contributed by atoms with E-state index in [1.807, 2.05) is 36.4 Å². The average molecular weight is 365 g/mol. The zero-order valence-electron chi connectivity index (χ0n) is 11.4. The summed E-state index contributed by atoms with van der Waals surface area (Å²) in [7, 11) is 0. The number of carbonyl (C=O) groups excluding carboxylic acids is 1. The highest BCUT2D eigenvalue weighted by atomic mass is 79.9. The van der Waals surface area contributed by atoms with Crippen molar-refractivity contribution in [1.82, 2.24) is 0 Å². The molecule has 2 aromatic rings. The lowest BCUT2D eigenvalue weighted by Gasteiger charge is -2.18. The number of carbonyl (C=O) groups is 1. The Morgan fingerprint density at radius 3 is 2.62 bits per heavy atom. The molecule has 0 aromatic heterocycles. The molecular weight excluding hydrogens is 352 g/mol. The van der Waals surface area contributed by atoms with E-state index in [-0.39, 0.29) is 5.78 Å². The Bertz CT molecular complexity index is 700. The fraction of sp³-hybridized carbons (Fsp3) is 0.188. The molecule has 0 radical (unpaired) electrons. The van der Waals surface area contributed by atoms with Gasteiger partial charge in [-0.1, -0.05) is 27.7 Å². The molecule has 2 aromatic carbocycles. The minimum Gasteiger partial charge on any atom is -0.486 e. The number of rotatable bonds is 3. The number of halogens is 1. The van der Waals surface area contributed by atoms with Gasteiger partial charge in [0.15, 0.2) is 17.3 Å². The van der Waals surface area contributed by atoms with Gasteiger partial charge in [-0.05, 0) is 43.3 Å². The van der Waals surface area contributed by atoms with Crippen molar-refractivity contribution in [2.45, 2.75) is 16.7 Å². The number of fused-ring (bicyclic) bond motifs is 1. The molecule has 1 aliphatic rings. The van der Waals surface area contributed by atoms with E-state index in [1.54, 1.807) is 18.7 Å². The van der Waals surface area contributed by atoms with Crippen LogP contribution in [0.2, 0.25) is 0 Å². The van der Waals surface area contributed by atoms with Gasteiger partial charge in [0.05, 0.1) is 0 Å². The summed E-state index contributed by atoms with van der Waals surface area (Å²) in [6, 6.07) is 11.6. The Morgan fingerprint density at radius 1 is 1.10 bits per heavy atom. The fourth-order valence-electron chi connectivity index (χ4n) is 2.08. The molecular formula is C16H13BrO3S. The Hall–Kier alpha value is -1.46. The summed E-state index contributed by atoms with van der Waals surface area (Å²) in [6.07, 6.45) is 0. The van der Waals surface area contributed by atoms with Crippen molar-refractivity contribution in [3.05, 3.63) is 46.4 Å². The molecule has 1 aliphatic heterocycles. The standard InChI is InChI=1S/C16H13BrO3S/c1-10(18)13-8-11(17)2-5-16(13)21-12-3-4-14-15(9-12)20-7-6-19-14/h2-5,8-9H,6-7H2,1H3. The second-order valence-electron chi connectivity index (χ2n) is 4.60. The number of benzene rings is 2. The predicted octanol–water partition coefficient (Wildman–Crippen LogP) is 4.57. The van der Waals surface area contributed by atoms with Crippen LogP contribution >= 0.6 is 27.7 Å². The topological polar surface area (TPSA) is 35.5 Å². The van der Waals surface area contributed by atoms with Crippen LogP contribution in [-0.4, -0.2) is 19.0 Å². The number of ketones is 1. The van der Waals surface area contributed by atoms with Gasteiger partial charge < -0.3 is 9.47 Å². The van der Waals surface area contributed by atoms with Crippen LogP contribution in [0.5, 0.6) is 11.5 Å². The molecule has 3 rings (SSSR count). The van der Waals surface area contributed by atoms with Crippen LogP contribution in [0, 0.1) is 0 Å². The van der Waals surface area contributed by atoms with Crippen LogP contribution in [0.1, 0.15) is 17.3 Å². The Kier molecular flexibility index (Phi) is 4.22. The molecule has 0 saturated carbocycles. The normalized spacial score (nSPS) is 13.0. The molecule has 0 saturated heterocycles. The Balaban J connectivity index is 1.92. The second-order valence-corrected chi connectivity index (χ2v) is 6.64. The van der Waals surface area contributed by atoms with Crippen LogP contribution in [0.15, 0.2) is 50.7 Å². The van der Waals surface area contributed by atoms with Crippen molar-refractivity contribution < 1.29 is 14.3 Å². The van der Waals surface area contributed by atoms with Crippen molar-refractivity contribution in [2.24, 2.45) is 0 Å². The highest BCUT2D eigenvalue weighted by Crippen LogP contribution is 2.38. The third-order valence-electron chi connectivity index (χ3n) is 3.06. The average Bonchev–Trinajstić information content (AvgIpc) is 2.49. The molecule has 0 unspecified atom stereocenters. The molecule has 0 fully saturated rings. The van der Waals surface area contributed by atoms with E-state index in [2.05, 4.69) is 15.9 Å². The van der Waals surface area contributed by atoms with E-state index < -0.39 is 0 Å². The van der Waals surface area contributed by atoms with Crippen molar-refractivity contribution >= 4 is 33.5 Å². The molecule has 0 atom stereocenters. The lowest BCUT2D eigenvalue weighted by Crippen LogP contribution is -2.15. The third kappa shape index (κ3) is 3.24. The molecule has 0 spiro atoms. The van der Waals surface area contributed by atoms with E-state index in [9.17, 15) is 4.79 Å². The lowest BCUT2D eigenvalue weighted by molar-refractivity contribution is 0.101. The maximum Gasteiger partial charge on any atom is 0.162 e. The first-order chi connectivity index (χ1) is 10.1. The van der Waals surface area contributed by atoms with Crippen LogP contribution < -0.4 is 9.47 Å². The van der Waals surface area contributed by atoms with Gasteiger partial charge in [-0.3, -0.25) is 4.79 Å². The molecule has 0 N–H and O–H groups in total. The minimum absolute atomic E-state index is 0.0522. The van der Waals surface area contributed by atoms with Crippen molar-refractivity contribution in [2.75, 3.05) is 13.2 Å². The molecule has 5 heteroatoms. The summed E-state index contributed by atoms with van der Waals surface area (Å²) in [6.45, 7) is 2.73. The molecule has 21 heavy (non-hydrogen) atoms. The first kappa shape index (κ1) is 14.5. The summed E-state index contributed by atoms with van der Waals surface area (Å²) in [4.78, 5) is 13.7. The molecule has 0 amide bonds. The maximum absolute atomic E-state index is 11.8. The fourth-order valence-corrected chi connectivity index (χ4v) is 3.45. The maximum atomic E-state index is 11.8. The van der Waals surface area contributed by atoms with Gasteiger partial charge in [0.25, 0.3) is 0 Å². The first-order valence-electron chi connectivity index (χ1n) is 6.51. The molecule has 1 heterocycles. The van der Waals surface area contributed by atoms with Gasteiger partial charge in [-0.2, -0.15) is 0 Å². The second kappa shape index (κ2) is 6.12. The van der Waals surface area contributed by atoms with Crippen molar-refractivity contribution in [1.29, 1.82) is 0 Å². The number of hydrogen-bond acceptors (Lipinski definition) is 4. The number of hydrogen-bond donors (Lipinski definition) is 0. The van der Waals surface area contributed by atoms with Crippen LogP contribution in [0.4, 0.5) is 0 Å². The summed E-state index contributed by atoms with van der Waals surface area (Å²) in [5.41, 5.74) is 0.712. The zero-order chi connectivity index (χ0) is 14.8. The van der Waals surface area contributed by atoms with Gasteiger partial charge in [-0.15, -0.1) is 0 Å². The highest BCUT2D eigenvalue weighted by molar-refractivity contribution is 9.10. The number of ether oxygens (including phenoxy) is 2. The van der Waals surface area contributed by atoms with E-state index in [4.69, 9.17) is 9.47 Å². The van der Waals surface area contributed by atoms with Crippen LogP contribution in [0.25, 0.3) is 0 Å². The quantitative estimate of drug-likeness (QED) is 0.747. The molecule has 0 bridgehead atoms. The smallest absolute Gasteiger partial charge is 0.162 e. The van der Waals surface area contributed by atoms with Crippen molar-refractivity contribution in [3.8, 4) is 11.5 Å². The SMILES string of the molecule is CC(=O)c1cc(Br)ccc1Sc1ccc2c(c1)OCCO2. The summed E-state index contributed by atoms with van der Waals surface area (Å²) in [5.74, 6) is 1.58. The summed E-state index contributed by atoms with van der Waals surface area (Å²) in [5, 5.41) is 0. The largest absolute Gasteiger partial charge is 0.486 e. The first-order valence-corrected chi connectivity index (χ1v) is 8.12. The Morgan fingerprint density at radius 2 is 1.86 bits per heavy atom. The van der Waals surface area contributed by atoms with Crippen LogP contribution in [0.3, 0.4) is 0 Å². The van der Waals surface area contributed by atoms with Gasteiger partial charge in [0, 0.05) is 19.8 Å². The molecule has 108 valence electrons. The van der Waals surface area contributed by atoms with Crippen molar-refractivity contribution in [3.63, 3.8) is 0 Å². The minimum atomic E-state index is 0.0522. The summed E-state index contributed by atoms with van der Waals surface area (Å²) >= 11 is 4.95. The third-order valence-corrected chi connectivity index (χ3v) is 4.62. The van der Waals surface area contributed by atoms with E-state index in [1.165, 1.54) is 0 Å². The van der Waals surface area contributed by atoms with Gasteiger partial charge in [0.2, 0.25) is 0 Å². The van der Waals surface area contributed by atoms with E-state index >= 15 is 0 Å². The van der Waals surface area contributed by atoms with Gasteiger partial charge in [-0.25, -0.2) is 0 Å². The van der Waals surface area contributed by atoms with E-state index in [0.29, 0.717) is 18.8 Å². The summed E-state index contributed by atoms with van der Waals surface area (Å²) < 4.78 is 12.0. The molecule has 0 aliphatic carbocycles. The van der Waals surface area contributed by atoms with E-state index in [0.717, 1.165) is 25.8 Å². The highest BCUT2D eigenvalue weighted by Gasteiger charge is 2.14.